The van der Waals surface area contributed by atoms with E-state index in [1.807, 2.05) is 6.07 Å². The van der Waals surface area contributed by atoms with Crippen molar-refractivity contribution in [2.75, 3.05) is 12.0 Å². The van der Waals surface area contributed by atoms with E-state index in [0.717, 1.165) is 0 Å². The van der Waals surface area contributed by atoms with E-state index in [0.29, 0.717) is 38.1 Å². The first-order chi connectivity index (χ1) is 15.8. The molecule has 168 valence electrons. The first kappa shape index (κ1) is 21.4. The van der Waals surface area contributed by atoms with Crippen LogP contribution in [0, 0.1) is 6.92 Å². The molecule has 8 nitrogen and oxygen atoms in total. The lowest BCUT2D eigenvalue weighted by Crippen LogP contribution is -2.48. The zero-order chi connectivity index (χ0) is 23.5. The molecule has 0 bridgehead atoms. The first-order valence-corrected chi connectivity index (χ1v) is 10.7. The van der Waals surface area contributed by atoms with E-state index in [1.165, 1.54) is 7.11 Å². The third-order valence-electron chi connectivity index (χ3n) is 6.01. The maximum atomic E-state index is 14.4. The van der Waals surface area contributed by atoms with Crippen LogP contribution in [-0.4, -0.2) is 29.2 Å². The summed E-state index contributed by atoms with van der Waals surface area (Å²) < 4.78 is 10.7. The fourth-order valence-electron chi connectivity index (χ4n) is 4.66. The number of aryl methyl sites for hydroxylation is 1. The van der Waals surface area contributed by atoms with Crippen molar-refractivity contribution in [3.05, 3.63) is 86.4 Å². The summed E-state index contributed by atoms with van der Waals surface area (Å²) in [4.78, 5) is 29.0. The van der Waals surface area contributed by atoms with E-state index in [1.54, 1.807) is 48.2 Å². The standard InChI is InChI=1S/C23H18Cl2N4O4/c1-11-17-20(28-27-11)33-19(26)18(21(30)32-2)23(17)14-5-3-4-6-16(14)29(22(23)31)10-12-7-8-13(24)9-15(12)25/h3-9H,10,26H2,1-2H3,(H,27,28)/t23-/m0/s1. The Labute approximate surface area is 198 Å². The second-order valence-electron chi connectivity index (χ2n) is 7.76. The Balaban J connectivity index is 1.79. The van der Waals surface area contributed by atoms with E-state index in [4.69, 9.17) is 38.4 Å². The summed E-state index contributed by atoms with van der Waals surface area (Å²) in [7, 11) is 1.23. The molecule has 1 spiro atoms. The number of anilines is 1. The lowest BCUT2D eigenvalue weighted by atomic mass is 9.68. The molecule has 0 fully saturated rings. The van der Waals surface area contributed by atoms with Crippen LogP contribution in [0.4, 0.5) is 5.69 Å². The molecule has 2 aliphatic heterocycles. The number of rotatable bonds is 3. The molecule has 5 rings (SSSR count). The van der Waals surface area contributed by atoms with Crippen molar-refractivity contribution >= 4 is 40.8 Å². The number of nitrogens with two attached hydrogens (primary N) is 1. The Bertz CT molecular complexity index is 1370. The number of carbonyl (C=O) groups excluding carboxylic acids is 2. The quantitative estimate of drug-likeness (QED) is 0.549. The Morgan fingerprint density at radius 2 is 2.03 bits per heavy atom. The SMILES string of the molecule is COC(=O)C1=C(N)Oc2n[nH]c(C)c2[C@]12C(=O)N(Cc1ccc(Cl)cc1Cl)c1ccccc12. The number of halogens is 2. The topological polar surface area (TPSA) is 111 Å². The van der Waals surface area contributed by atoms with Crippen LogP contribution < -0.4 is 15.4 Å². The van der Waals surface area contributed by atoms with Crippen LogP contribution >= 0.6 is 23.2 Å². The Hall–Kier alpha value is -3.49. The highest BCUT2D eigenvalue weighted by Gasteiger charge is 2.62. The molecule has 33 heavy (non-hydrogen) atoms. The monoisotopic (exact) mass is 484 g/mol. The predicted octanol–water partition coefficient (Wildman–Crippen LogP) is 3.59. The number of benzene rings is 2. The number of aromatic nitrogens is 2. The molecule has 0 unspecified atom stereocenters. The van der Waals surface area contributed by atoms with Crippen molar-refractivity contribution in [2.24, 2.45) is 5.73 Å². The minimum Gasteiger partial charge on any atom is -0.465 e. The maximum Gasteiger partial charge on any atom is 0.340 e. The molecule has 0 saturated heterocycles. The molecular formula is C23H18Cl2N4O4. The van der Waals surface area contributed by atoms with Gasteiger partial charge >= 0.3 is 5.97 Å². The number of hydrogen-bond acceptors (Lipinski definition) is 6. The van der Waals surface area contributed by atoms with Gasteiger partial charge in [-0.1, -0.05) is 47.5 Å². The molecule has 1 atom stereocenters. The predicted molar refractivity (Wildman–Crippen MR) is 122 cm³/mol. The highest BCUT2D eigenvalue weighted by Crippen LogP contribution is 2.56. The molecular weight excluding hydrogens is 467 g/mol. The summed E-state index contributed by atoms with van der Waals surface area (Å²) in [6, 6.07) is 12.3. The molecule has 10 heteroatoms. The minimum absolute atomic E-state index is 0.0934. The van der Waals surface area contributed by atoms with Crippen LogP contribution in [0.3, 0.4) is 0 Å². The lowest BCUT2D eigenvalue weighted by molar-refractivity contribution is -0.138. The molecule has 2 aromatic carbocycles. The number of para-hydroxylation sites is 1. The molecule has 3 N–H and O–H groups in total. The van der Waals surface area contributed by atoms with Crippen molar-refractivity contribution in [3.8, 4) is 5.88 Å². The van der Waals surface area contributed by atoms with E-state index in [-0.39, 0.29) is 23.9 Å². The van der Waals surface area contributed by atoms with Gasteiger partial charge in [-0.05, 0) is 30.7 Å². The van der Waals surface area contributed by atoms with Gasteiger partial charge in [0.15, 0.2) is 0 Å². The van der Waals surface area contributed by atoms with Gasteiger partial charge in [0.1, 0.15) is 11.0 Å². The number of amides is 1. The van der Waals surface area contributed by atoms with Crippen LogP contribution in [0.5, 0.6) is 5.88 Å². The first-order valence-electron chi connectivity index (χ1n) is 9.98. The molecule has 3 aromatic rings. The number of carbonyl (C=O) groups is 2. The lowest BCUT2D eigenvalue weighted by Gasteiger charge is -2.34. The summed E-state index contributed by atoms with van der Waals surface area (Å²) >= 11 is 12.5. The molecule has 0 aliphatic carbocycles. The van der Waals surface area contributed by atoms with Crippen molar-refractivity contribution in [1.82, 2.24) is 10.2 Å². The van der Waals surface area contributed by atoms with E-state index in [2.05, 4.69) is 10.2 Å². The van der Waals surface area contributed by atoms with Crippen LogP contribution in [0.15, 0.2) is 53.9 Å². The largest absolute Gasteiger partial charge is 0.465 e. The maximum absolute atomic E-state index is 14.4. The van der Waals surface area contributed by atoms with Crippen LogP contribution in [0.1, 0.15) is 22.4 Å². The number of nitrogens with zero attached hydrogens (tertiary/aromatic N) is 2. The summed E-state index contributed by atoms with van der Waals surface area (Å²) in [6.07, 6.45) is 0. The van der Waals surface area contributed by atoms with Crippen molar-refractivity contribution in [2.45, 2.75) is 18.9 Å². The van der Waals surface area contributed by atoms with Gasteiger partial charge in [0.25, 0.3) is 0 Å². The second-order valence-corrected chi connectivity index (χ2v) is 8.60. The number of methoxy groups -OCH3 is 1. The summed E-state index contributed by atoms with van der Waals surface area (Å²) in [5.74, 6) is -1.28. The van der Waals surface area contributed by atoms with E-state index in [9.17, 15) is 9.59 Å². The smallest absolute Gasteiger partial charge is 0.340 e. The normalized spacial score (nSPS) is 18.9. The summed E-state index contributed by atoms with van der Waals surface area (Å²) in [5.41, 5.74) is 7.34. The number of hydrogen-bond donors (Lipinski definition) is 2. The highest BCUT2D eigenvalue weighted by atomic mass is 35.5. The molecule has 2 aliphatic rings. The average Bonchev–Trinajstić information content (AvgIpc) is 3.27. The van der Waals surface area contributed by atoms with Crippen molar-refractivity contribution < 1.29 is 19.1 Å². The van der Waals surface area contributed by atoms with Gasteiger partial charge in [0.05, 0.1) is 19.2 Å². The zero-order valence-corrected chi connectivity index (χ0v) is 19.1. The van der Waals surface area contributed by atoms with Gasteiger partial charge < -0.3 is 20.1 Å². The fraction of sp³-hybridized carbons (Fsp3) is 0.174. The van der Waals surface area contributed by atoms with Gasteiger partial charge in [0, 0.05) is 27.0 Å². The Kier molecular flexibility index (Phi) is 4.88. The van der Waals surface area contributed by atoms with Crippen molar-refractivity contribution in [1.29, 1.82) is 0 Å². The Morgan fingerprint density at radius 3 is 2.76 bits per heavy atom. The summed E-state index contributed by atoms with van der Waals surface area (Å²) in [5, 5.41) is 7.92. The zero-order valence-electron chi connectivity index (χ0n) is 17.6. The van der Waals surface area contributed by atoms with Gasteiger partial charge in [-0.15, -0.1) is 5.10 Å². The number of aromatic amines is 1. The van der Waals surface area contributed by atoms with E-state index < -0.39 is 17.3 Å². The highest BCUT2D eigenvalue weighted by molar-refractivity contribution is 6.35. The number of esters is 1. The van der Waals surface area contributed by atoms with Gasteiger partial charge in [0.2, 0.25) is 17.7 Å². The van der Waals surface area contributed by atoms with Gasteiger partial charge in [-0.25, -0.2) is 4.79 Å². The van der Waals surface area contributed by atoms with Crippen LogP contribution in [0.25, 0.3) is 0 Å². The van der Waals surface area contributed by atoms with Gasteiger partial charge in [-0.3, -0.25) is 9.89 Å². The van der Waals surface area contributed by atoms with E-state index >= 15 is 0 Å². The van der Waals surface area contributed by atoms with Crippen LogP contribution in [0.2, 0.25) is 10.0 Å². The molecule has 0 radical (unpaired) electrons. The minimum atomic E-state index is -1.60. The third kappa shape index (κ3) is 2.87. The second kappa shape index (κ2) is 7.54. The number of nitrogens with one attached hydrogen (secondary N) is 1. The molecule has 3 heterocycles. The number of fused-ring (bicyclic) bond motifs is 4. The third-order valence-corrected chi connectivity index (χ3v) is 6.60. The average molecular weight is 485 g/mol. The Morgan fingerprint density at radius 1 is 1.27 bits per heavy atom. The molecule has 1 aromatic heterocycles. The number of ether oxygens (including phenoxy) is 2. The fourth-order valence-corrected chi connectivity index (χ4v) is 5.12. The summed E-state index contributed by atoms with van der Waals surface area (Å²) in [6.45, 7) is 1.90. The van der Waals surface area contributed by atoms with Crippen molar-refractivity contribution in [3.63, 3.8) is 0 Å². The molecule has 1 amide bonds. The van der Waals surface area contributed by atoms with Gasteiger partial charge in [-0.2, -0.15) is 0 Å². The van der Waals surface area contributed by atoms with Crippen LogP contribution in [-0.2, 0) is 26.3 Å². The number of H-pyrrole nitrogens is 1. The molecule has 0 saturated carbocycles.